The topological polar surface area (TPSA) is 97.7 Å². The smallest absolute Gasteiger partial charge is 0.225 e. The Morgan fingerprint density at radius 1 is 0.860 bits per heavy atom. The Kier molecular flexibility index (Phi) is 8.54. The lowest BCUT2D eigenvalue weighted by Gasteiger charge is -2.20. The number of aryl methyl sites for hydroxylation is 2. The second kappa shape index (κ2) is 13.2. The summed E-state index contributed by atoms with van der Waals surface area (Å²) >= 11 is 0. The van der Waals surface area contributed by atoms with Crippen molar-refractivity contribution in [3.05, 3.63) is 143 Å². The van der Waals surface area contributed by atoms with Crippen LogP contribution >= 0.6 is 0 Å². The first kappa shape index (κ1) is 27.9. The minimum Gasteiger partial charge on any atom is -0.497 e. The van der Waals surface area contributed by atoms with Gasteiger partial charge in [-0.15, -0.1) is 10.2 Å². The van der Waals surface area contributed by atoms with Gasteiger partial charge < -0.3 is 19.6 Å². The van der Waals surface area contributed by atoms with E-state index in [1.54, 1.807) is 19.5 Å². The third-order valence-corrected chi connectivity index (χ3v) is 7.70. The maximum absolute atomic E-state index is 13.4. The third kappa shape index (κ3) is 6.81. The quantitative estimate of drug-likeness (QED) is 0.199. The molecular weight excluding hydrogens is 536 g/mol. The molecule has 0 aliphatic carbocycles. The van der Waals surface area contributed by atoms with E-state index in [-0.39, 0.29) is 12.3 Å². The molecular formula is C35H34N6O2. The molecule has 0 saturated heterocycles. The number of fused-ring (bicyclic) bond motifs is 1. The van der Waals surface area contributed by atoms with Crippen LogP contribution in [0.5, 0.6) is 5.75 Å². The minimum atomic E-state index is -0.398. The number of pyridine rings is 1. The van der Waals surface area contributed by atoms with E-state index in [0.29, 0.717) is 13.0 Å². The van der Waals surface area contributed by atoms with Crippen LogP contribution in [0.4, 0.5) is 0 Å². The average molecular weight is 571 g/mol. The second-order valence-electron chi connectivity index (χ2n) is 10.6. The molecule has 6 rings (SSSR count). The Labute approximate surface area is 250 Å². The number of hydrogen-bond acceptors (Lipinski definition) is 5. The molecule has 1 amide bonds. The fourth-order valence-corrected chi connectivity index (χ4v) is 5.44. The normalized spacial score (nSPS) is 11.8. The Hall–Kier alpha value is -5.24. The lowest BCUT2D eigenvalue weighted by atomic mass is 10.0. The molecule has 8 heteroatoms. The molecule has 3 aromatic carbocycles. The summed E-state index contributed by atoms with van der Waals surface area (Å²) in [6.07, 6.45) is 7.80. The molecule has 6 aromatic rings. The van der Waals surface area contributed by atoms with Gasteiger partial charge in [-0.1, -0.05) is 60.7 Å². The van der Waals surface area contributed by atoms with Gasteiger partial charge in [0.2, 0.25) is 5.91 Å². The number of hydrogen-bond donors (Lipinski definition) is 2. The summed E-state index contributed by atoms with van der Waals surface area (Å²) in [6.45, 7) is 0.570. The zero-order valence-electron chi connectivity index (χ0n) is 24.1. The van der Waals surface area contributed by atoms with Gasteiger partial charge in [0.1, 0.15) is 11.6 Å². The Bertz CT molecular complexity index is 1780. The molecule has 0 spiro atoms. The number of H-pyrrole nitrogens is 1. The maximum Gasteiger partial charge on any atom is 0.225 e. The molecule has 43 heavy (non-hydrogen) atoms. The number of methoxy groups -OCH3 is 1. The summed E-state index contributed by atoms with van der Waals surface area (Å²) in [7, 11) is 1.67. The Morgan fingerprint density at radius 3 is 2.42 bits per heavy atom. The van der Waals surface area contributed by atoms with Gasteiger partial charge >= 0.3 is 0 Å². The van der Waals surface area contributed by atoms with Crippen molar-refractivity contribution < 1.29 is 9.53 Å². The van der Waals surface area contributed by atoms with Crippen LogP contribution in [0, 0.1) is 0 Å². The molecule has 8 nitrogen and oxygen atoms in total. The number of nitrogens with zero attached hydrogens (tertiary/aromatic N) is 4. The fourth-order valence-electron chi connectivity index (χ4n) is 5.44. The summed E-state index contributed by atoms with van der Waals surface area (Å²) in [6, 6.07) is 30.0. The number of aromatic nitrogens is 5. The van der Waals surface area contributed by atoms with Crippen LogP contribution in [0.2, 0.25) is 0 Å². The standard InChI is InChI=1S/C35H34N6O2/c1-43-29-14-11-27(12-15-29)24-41-33(16-13-25-7-3-2-4-8-25)39-40-35(41)32(38-34(42)21-26-17-19-36-20-18-26)22-28-23-37-31-10-6-5-9-30(28)31/h2-12,14-15,17-20,23,32,37H,13,16,21-22,24H2,1H3,(H,38,42)/t32-/m1/s1. The maximum atomic E-state index is 13.4. The first-order valence-electron chi connectivity index (χ1n) is 14.5. The van der Waals surface area contributed by atoms with E-state index in [9.17, 15) is 4.79 Å². The average Bonchev–Trinajstić information content (AvgIpc) is 3.64. The number of rotatable bonds is 12. The summed E-state index contributed by atoms with van der Waals surface area (Å²) in [5, 5.41) is 13.8. The highest BCUT2D eigenvalue weighted by molar-refractivity contribution is 5.83. The van der Waals surface area contributed by atoms with E-state index in [4.69, 9.17) is 9.84 Å². The number of carbonyl (C=O) groups is 1. The van der Waals surface area contributed by atoms with Crippen LogP contribution in [0.15, 0.2) is 110 Å². The zero-order valence-corrected chi connectivity index (χ0v) is 24.1. The molecule has 0 aliphatic rings. The van der Waals surface area contributed by atoms with Crippen molar-refractivity contribution in [2.24, 2.45) is 0 Å². The van der Waals surface area contributed by atoms with Crippen LogP contribution in [-0.2, 0) is 37.0 Å². The van der Waals surface area contributed by atoms with Crippen molar-refractivity contribution in [3.8, 4) is 5.75 Å². The molecule has 0 fully saturated rings. The highest BCUT2D eigenvalue weighted by Gasteiger charge is 2.25. The van der Waals surface area contributed by atoms with Gasteiger partial charge in [0, 0.05) is 42.3 Å². The van der Waals surface area contributed by atoms with Crippen molar-refractivity contribution in [2.45, 2.75) is 38.3 Å². The lowest BCUT2D eigenvalue weighted by molar-refractivity contribution is -0.121. The van der Waals surface area contributed by atoms with E-state index in [1.165, 1.54) is 5.56 Å². The summed E-state index contributed by atoms with van der Waals surface area (Å²) in [4.78, 5) is 20.9. The van der Waals surface area contributed by atoms with Gasteiger partial charge in [-0.3, -0.25) is 9.78 Å². The van der Waals surface area contributed by atoms with E-state index >= 15 is 0 Å². The highest BCUT2D eigenvalue weighted by atomic mass is 16.5. The molecule has 0 radical (unpaired) electrons. The Morgan fingerprint density at radius 2 is 1.63 bits per heavy atom. The largest absolute Gasteiger partial charge is 0.497 e. The van der Waals surface area contributed by atoms with E-state index in [2.05, 4.69) is 73.5 Å². The van der Waals surface area contributed by atoms with Crippen LogP contribution < -0.4 is 10.1 Å². The van der Waals surface area contributed by atoms with Gasteiger partial charge in [0.05, 0.1) is 26.1 Å². The number of amides is 1. The summed E-state index contributed by atoms with van der Waals surface area (Å²) in [5.41, 5.74) is 5.40. The third-order valence-electron chi connectivity index (χ3n) is 7.70. The van der Waals surface area contributed by atoms with Gasteiger partial charge in [-0.05, 0) is 59.0 Å². The molecule has 0 saturated carbocycles. The Balaban J connectivity index is 1.36. The number of para-hydroxylation sites is 1. The predicted molar refractivity (Wildman–Crippen MR) is 167 cm³/mol. The van der Waals surface area contributed by atoms with Crippen molar-refractivity contribution in [1.82, 2.24) is 30.0 Å². The van der Waals surface area contributed by atoms with Crippen molar-refractivity contribution >= 4 is 16.8 Å². The molecule has 1 atom stereocenters. The fraction of sp³-hybridized carbons (Fsp3) is 0.200. The van der Waals surface area contributed by atoms with Gasteiger partial charge in [-0.25, -0.2) is 0 Å². The van der Waals surface area contributed by atoms with Gasteiger partial charge in [-0.2, -0.15) is 0 Å². The number of nitrogens with one attached hydrogen (secondary N) is 2. The SMILES string of the molecule is COc1ccc(Cn2c(CCc3ccccc3)nnc2[C@@H](Cc2c[nH]c3ccccc23)NC(=O)Cc2ccncc2)cc1. The number of benzene rings is 3. The van der Waals surface area contributed by atoms with Gasteiger partial charge in [0.25, 0.3) is 0 Å². The van der Waals surface area contributed by atoms with Crippen molar-refractivity contribution in [3.63, 3.8) is 0 Å². The zero-order chi connectivity index (χ0) is 29.4. The van der Waals surface area contributed by atoms with E-state index < -0.39 is 6.04 Å². The van der Waals surface area contributed by atoms with Crippen LogP contribution in [0.25, 0.3) is 10.9 Å². The molecule has 3 aromatic heterocycles. The number of ether oxygens (including phenoxy) is 1. The summed E-state index contributed by atoms with van der Waals surface area (Å²) in [5.74, 6) is 2.33. The lowest BCUT2D eigenvalue weighted by Crippen LogP contribution is -2.33. The summed E-state index contributed by atoms with van der Waals surface area (Å²) < 4.78 is 7.54. The first-order chi connectivity index (χ1) is 21.2. The molecule has 3 heterocycles. The molecule has 0 unspecified atom stereocenters. The number of carbonyl (C=O) groups excluding carboxylic acids is 1. The molecule has 0 bridgehead atoms. The van der Waals surface area contributed by atoms with Crippen molar-refractivity contribution in [1.29, 1.82) is 0 Å². The van der Waals surface area contributed by atoms with Crippen LogP contribution in [0.1, 0.15) is 39.9 Å². The van der Waals surface area contributed by atoms with E-state index in [1.807, 2.05) is 48.7 Å². The highest BCUT2D eigenvalue weighted by Crippen LogP contribution is 2.26. The molecule has 0 aliphatic heterocycles. The monoisotopic (exact) mass is 570 g/mol. The molecule has 216 valence electrons. The van der Waals surface area contributed by atoms with Gasteiger partial charge in [0.15, 0.2) is 5.82 Å². The minimum absolute atomic E-state index is 0.0825. The first-order valence-corrected chi connectivity index (χ1v) is 14.5. The van der Waals surface area contributed by atoms with Crippen LogP contribution in [-0.4, -0.2) is 37.7 Å². The van der Waals surface area contributed by atoms with Crippen LogP contribution in [0.3, 0.4) is 0 Å². The second-order valence-corrected chi connectivity index (χ2v) is 10.6. The molecule has 2 N–H and O–H groups in total. The number of aromatic amines is 1. The van der Waals surface area contributed by atoms with Crippen molar-refractivity contribution in [2.75, 3.05) is 7.11 Å². The van der Waals surface area contributed by atoms with E-state index in [0.717, 1.165) is 57.8 Å². The predicted octanol–water partition coefficient (Wildman–Crippen LogP) is 5.64.